The summed E-state index contributed by atoms with van der Waals surface area (Å²) in [6, 6.07) is 5.12. The average molecular weight is 319 g/mol. The van der Waals surface area contributed by atoms with Gasteiger partial charge in [-0.25, -0.2) is 0 Å². The minimum atomic E-state index is -0.332. The predicted molar refractivity (Wildman–Crippen MR) is 87.6 cm³/mol. The van der Waals surface area contributed by atoms with E-state index in [-0.39, 0.29) is 17.2 Å². The first-order valence-corrected chi connectivity index (χ1v) is 8.04. The van der Waals surface area contributed by atoms with Crippen molar-refractivity contribution in [3.05, 3.63) is 35.0 Å². The van der Waals surface area contributed by atoms with E-state index in [9.17, 15) is 9.90 Å². The van der Waals surface area contributed by atoms with Gasteiger partial charge in [0.05, 0.1) is 30.0 Å². The van der Waals surface area contributed by atoms with E-state index in [2.05, 4.69) is 15.2 Å². The van der Waals surface area contributed by atoms with Crippen LogP contribution in [-0.4, -0.2) is 49.3 Å². The monoisotopic (exact) mass is 319 g/mol. The summed E-state index contributed by atoms with van der Waals surface area (Å²) in [5, 5.41) is 13.6. The summed E-state index contributed by atoms with van der Waals surface area (Å²) >= 11 is 1.49. The Morgan fingerprint density at radius 1 is 1.36 bits per heavy atom. The fraction of sp³-hybridized carbons (Fsp3) is 0.333. The maximum Gasteiger partial charge on any atom is 0.259 e. The highest BCUT2D eigenvalue weighted by Gasteiger charge is 2.17. The fourth-order valence-electron chi connectivity index (χ4n) is 2.31. The van der Waals surface area contributed by atoms with Gasteiger partial charge in [0, 0.05) is 36.8 Å². The zero-order valence-electron chi connectivity index (χ0n) is 12.0. The molecule has 2 heterocycles. The summed E-state index contributed by atoms with van der Waals surface area (Å²) in [5.74, 6) is 0.377. The molecule has 1 saturated heterocycles. The maximum atomic E-state index is 12.2. The van der Waals surface area contributed by atoms with Crippen molar-refractivity contribution in [2.75, 3.05) is 37.0 Å². The number of benzene rings is 1. The number of hydrogen-bond acceptors (Lipinski definition) is 6. The first-order chi connectivity index (χ1) is 10.7. The van der Waals surface area contributed by atoms with E-state index in [0.717, 1.165) is 24.5 Å². The van der Waals surface area contributed by atoms with Gasteiger partial charge in [-0.1, -0.05) is 0 Å². The van der Waals surface area contributed by atoms with Gasteiger partial charge in [0.2, 0.25) is 0 Å². The van der Waals surface area contributed by atoms with E-state index in [1.54, 1.807) is 24.5 Å². The summed E-state index contributed by atoms with van der Waals surface area (Å²) in [7, 11) is 0. The van der Waals surface area contributed by atoms with Crippen molar-refractivity contribution in [2.45, 2.75) is 0 Å². The number of thioether (sulfide) groups is 1. The van der Waals surface area contributed by atoms with Crippen molar-refractivity contribution >= 4 is 29.6 Å². The normalized spacial score (nSPS) is 18.0. The van der Waals surface area contributed by atoms with Crippen molar-refractivity contribution in [3.8, 4) is 5.75 Å². The van der Waals surface area contributed by atoms with E-state index in [1.807, 2.05) is 6.07 Å². The van der Waals surface area contributed by atoms with Gasteiger partial charge >= 0.3 is 0 Å². The Labute approximate surface area is 132 Å². The molecule has 1 aromatic rings. The summed E-state index contributed by atoms with van der Waals surface area (Å²) in [5.41, 5.74) is 1.15. The molecular weight excluding hydrogens is 302 g/mol. The molecule has 2 aliphatic rings. The van der Waals surface area contributed by atoms with Crippen LogP contribution in [0.1, 0.15) is 10.4 Å². The second-order valence-electron chi connectivity index (χ2n) is 4.89. The molecule has 1 aromatic carbocycles. The van der Waals surface area contributed by atoms with Crippen LogP contribution in [-0.2, 0) is 4.74 Å². The molecule has 0 saturated carbocycles. The number of carbonyl (C=O) groups excluding carboxylic acids is 1. The number of phenolic OH excluding ortho intramolecular Hbond substituents is 1. The molecule has 0 unspecified atom stereocenters. The van der Waals surface area contributed by atoms with E-state index in [4.69, 9.17) is 4.74 Å². The summed E-state index contributed by atoms with van der Waals surface area (Å²) in [4.78, 5) is 18.3. The number of amides is 1. The lowest BCUT2D eigenvalue weighted by atomic mass is 10.1. The smallest absolute Gasteiger partial charge is 0.259 e. The highest BCUT2D eigenvalue weighted by molar-refractivity contribution is 8.03. The lowest BCUT2D eigenvalue weighted by molar-refractivity contribution is 0.0966. The number of aromatic hydroxyl groups is 1. The topological polar surface area (TPSA) is 74.2 Å². The zero-order valence-corrected chi connectivity index (χ0v) is 12.8. The Morgan fingerprint density at radius 3 is 2.86 bits per heavy atom. The largest absolute Gasteiger partial charge is 0.507 e. The maximum absolute atomic E-state index is 12.2. The van der Waals surface area contributed by atoms with Gasteiger partial charge in [0.25, 0.3) is 5.91 Å². The van der Waals surface area contributed by atoms with Crippen LogP contribution in [0.25, 0.3) is 0 Å². The number of rotatable bonds is 3. The molecule has 6 nitrogen and oxygen atoms in total. The Balaban J connectivity index is 1.72. The molecule has 0 spiro atoms. The lowest BCUT2D eigenvalue weighted by Crippen LogP contribution is -2.36. The zero-order chi connectivity index (χ0) is 15.4. The molecule has 22 heavy (non-hydrogen) atoms. The van der Waals surface area contributed by atoms with Crippen LogP contribution < -0.4 is 10.2 Å². The Morgan fingerprint density at radius 2 is 2.18 bits per heavy atom. The van der Waals surface area contributed by atoms with Crippen LogP contribution in [0.2, 0.25) is 0 Å². The highest BCUT2D eigenvalue weighted by Crippen LogP contribution is 2.26. The minimum absolute atomic E-state index is 0.0218. The molecule has 2 aliphatic heterocycles. The van der Waals surface area contributed by atoms with Crippen LogP contribution in [0.15, 0.2) is 34.4 Å². The van der Waals surface area contributed by atoms with Gasteiger partial charge in [-0.3, -0.25) is 9.79 Å². The van der Waals surface area contributed by atoms with Gasteiger partial charge in [-0.2, -0.15) is 0 Å². The lowest BCUT2D eigenvalue weighted by Gasteiger charge is -2.29. The summed E-state index contributed by atoms with van der Waals surface area (Å²) in [6.45, 7) is 2.92. The Hall–Kier alpha value is -1.99. The molecule has 0 aromatic heterocycles. The molecule has 1 amide bonds. The number of anilines is 1. The Bertz CT molecular complexity index is 624. The van der Waals surface area contributed by atoms with Crippen molar-refractivity contribution in [3.63, 3.8) is 0 Å². The van der Waals surface area contributed by atoms with E-state index < -0.39 is 0 Å². The summed E-state index contributed by atoms with van der Waals surface area (Å²) < 4.78 is 5.31. The third-order valence-corrected chi connectivity index (χ3v) is 4.28. The molecule has 7 heteroatoms. The van der Waals surface area contributed by atoms with Crippen molar-refractivity contribution in [2.24, 2.45) is 4.99 Å². The molecule has 0 radical (unpaired) electrons. The van der Waals surface area contributed by atoms with Crippen LogP contribution in [0.5, 0.6) is 5.75 Å². The number of carbonyl (C=O) groups is 1. The molecule has 1 fully saturated rings. The van der Waals surface area contributed by atoms with E-state index in [0.29, 0.717) is 18.2 Å². The van der Waals surface area contributed by atoms with Crippen molar-refractivity contribution in [1.29, 1.82) is 0 Å². The van der Waals surface area contributed by atoms with E-state index in [1.165, 1.54) is 11.8 Å². The molecule has 116 valence electrons. The molecule has 0 aliphatic carbocycles. The Kier molecular flexibility index (Phi) is 4.65. The third kappa shape index (κ3) is 3.42. The van der Waals surface area contributed by atoms with Gasteiger partial charge in [0.15, 0.2) is 0 Å². The molecule has 2 N–H and O–H groups in total. The predicted octanol–water partition coefficient (Wildman–Crippen LogP) is 1.58. The van der Waals surface area contributed by atoms with Gasteiger partial charge in [-0.05, 0) is 12.1 Å². The number of phenols is 1. The molecule has 3 rings (SSSR count). The van der Waals surface area contributed by atoms with Crippen LogP contribution in [0, 0.1) is 0 Å². The molecular formula is C15H17N3O3S. The average Bonchev–Trinajstić information content (AvgIpc) is 2.56. The number of hydrogen-bond donors (Lipinski definition) is 2. The summed E-state index contributed by atoms with van der Waals surface area (Å²) in [6.07, 6.45) is 3.38. The van der Waals surface area contributed by atoms with Gasteiger partial charge in [0.1, 0.15) is 5.75 Å². The van der Waals surface area contributed by atoms with Crippen LogP contribution in [0.4, 0.5) is 5.69 Å². The van der Waals surface area contributed by atoms with Gasteiger partial charge < -0.3 is 20.1 Å². The van der Waals surface area contributed by atoms with Crippen molar-refractivity contribution in [1.82, 2.24) is 5.32 Å². The van der Waals surface area contributed by atoms with Crippen LogP contribution >= 0.6 is 11.8 Å². The second kappa shape index (κ2) is 6.85. The van der Waals surface area contributed by atoms with Crippen molar-refractivity contribution < 1.29 is 14.6 Å². The number of nitrogens with one attached hydrogen (secondary N) is 1. The van der Waals surface area contributed by atoms with E-state index >= 15 is 0 Å². The quantitative estimate of drug-likeness (QED) is 0.885. The minimum Gasteiger partial charge on any atom is -0.507 e. The second-order valence-corrected chi connectivity index (χ2v) is 5.95. The number of nitrogens with zero attached hydrogens (tertiary/aromatic N) is 2. The number of aliphatic imine (C=N–C) groups is 1. The number of morpholine rings is 1. The number of ether oxygens (including phenoxy) is 1. The molecule has 0 bridgehead atoms. The standard InChI is InChI=1S/C15H17N3O3S/c19-13-9-11(18-4-6-21-7-5-18)1-2-12(13)15(20)17-14-10-16-3-8-22-14/h1-3,9-10,19H,4-8H2,(H,17,20). The van der Waals surface area contributed by atoms with Gasteiger partial charge in [-0.15, -0.1) is 11.8 Å². The first-order valence-electron chi connectivity index (χ1n) is 7.06. The fourth-order valence-corrected chi connectivity index (χ4v) is 2.95. The molecule has 0 atom stereocenters. The highest BCUT2D eigenvalue weighted by atomic mass is 32.2. The SMILES string of the molecule is O=C(NC1=CN=CCS1)c1ccc(N2CCOCC2)cc1O. The third-order valence-electron chi connectivity index (χ3n) is 3.45. The van der Waals surface area contributed by atoms with Crippen LogP contribution in [0.3, 0.4) is 0 Å². The first kappa shape index (κ1) is 14.9.